The number of carboxylic acids is 1. The Labute approximate surface area is 154 Å². The van der Waals surface area contributed by atoms with Crippen molar-refractivity contribution in [2.24, 2.45) is 4.99 Å². The summed E-state index contributed by atoms with van der Waals surface area (Å²) in [7, 11) is 0. The third-order valence-corrected chi connectivity index (χ3v) is 3.35. The van der Waals surface area contributed by atoms with E-state index in [0.29, 0.717) is 11.3 Å². The number of non-ortho nitro benzene ring substituents is 1. The molecule has 0 saturated carbocycles. The number of amidine groups is 1. The summed E-state index contributed by atoms with van der Waals surface area (Å²) < 4.78 is 0. The quantitative estimate of drug-likeness (QED) is 0.235. The number of benzene rings is 2. The van der Waals surface area contributed by atoms with Crippen molar-refractivity contribution in [2.75, 3.05) is 0 Å². The number of rotatable bonds is 6. The molecule has 9 heteroatoms. The van der Waals surface area contributed by atoms with E-state index in [1.54, 1.807) is 24.3 Å². The van der Waals surface area contributed by atoms with E-state index in [4.69, 9.17) is 5.11 Å². The van der Waals surface area contributed by atoms with Gasteiger partial charge in [-0.25, -0.2) is 9.79 Å². The van der Waals surface area contributed by atoms with Gasteiger partial charge in [-0.1, -0.05) is 36.9 Å². The van der Waals surface area contributed by atoms with E-state index >= 15 is 0 Å². The minimum Gasteiger partial charge on any atom is -0.478 e. The number of amides is 1. The van der Waals surface area contributed by atoms with Crippen LogP contribution in [0.1, 0.15) is 12.0 Å². The van der Waals surface area contributed by atoms with Crippen molar-refractivity contribution in [3.63, 3.8) is 0 Å². The second kappa shape index (κ2) is 8.90. The third kappa shape index (κ3) is 5.78. The first-order valence-electron chi connectivity index (χ1n) is 7.71. The van der Waals surface area contributed by atoms with Gasteiger partial charge in [0.05, 0.1) is 17.0 Å². The topological polar surface area (TPSA) is 134 Å². The summed E-state index contributed by atoms with van der Waals surface area (Å²) in [6.45, 7) is 3.30. The molecule has 1 amide bonds. The van der Waals surface area contributed by atoms with Gasteiger partial charge < -0.3 is 5.11 Å². The number of hydrogen-bond donors (Lipinski definition) is 3. The van der Waals surface area contributed by atoms with E-state index in [2.05, 4.69) is 22.4 Å². The zero-order valence-electron chi connectivity index (χ0n) is 14.1. The van der Waals surface area contributed by atoms with E-state index in [0.717, 1.165) is 0 Å². The molecule has 2 rings (SSSR count). The molecular formula is C18H16N4O5. The molecule has 27 heavy (non-hydrogen) atoms. The lowest BCUT2D eigenvalue weighted by Gasteiger charge is -2.12. The second-order valence-corrected chi connectivity index (χ2v) is 5.36. The number of hydrazine groups is 1. The molecule has 0 saturated heterocycles. The van der Waals surface area contributed by atoms with Crippen LogP contribution >= 0.6 is 0 Å². The number of nitro benzene ring substituents is 1. The number of aliphatic carboxylic acids is 1. The van der Waals surface area contributed by atoms with Gasteiger partial charge in [0.2, 0.25) is 5.91 Å². The Morgan fingerprint density at radius 1 is 1.07 bits per heavy atom. The monoisotopic (exact) mass is 368 g/mol. The van der Waals surface area contributed by atoms with Crippen molar-refractivity contribution in [1.82, 2.24) is 10.9 Å². The average Bonchev–Trinajstić information content (AvgIpc) is 2.66. The van der Waals surface area contributed by atoms with Crippen LogP contribution in [0.5, 0.6) is 0 Å². The summed E-state index contributed by atoms with van der Waals surface area (Å²) in [5, 5.41) is 19.5. The van der Waals surface area contributed by atoms with Gasteiger partial charge in [-0.05, 0) is 12.1 Å². The smallest absolute Gasteiger partial charge is 0.331 e. The van der Waals surface area contributed by atoms with Gasteiger partial charge in [0.15, 0.2) is 5.84 Å². The first kappa shape index (κ1) is 19.3. The zero-order chi connectivity index (χ0) is 19.8. The second-order valence-electron chi connectivity index (χ2n) is 5.36. The van der Waals surface area contributed by atoms with Crippen LogP contribution in [0.4, 0.5) is 11.4 Å². The van der Waals surface area contributed by atoms with Gasteiger partial charge >= 0.3 is 5.97 Å². The van der Waals surface area contributed by atoms with Gasteiger partial charge in [-0.15, -0.1) is 0 Å². The van der Waals surface area contributed by atoms with Crippen molar-refractivity contribution in [1.29, 1.82) is 0 Å². The highest BCUT2D eigenvalue weighted by atomic mass is 16.6. The number of nitro groups is 1. The lowest BCUT2D eigenvalue weighted by Crippen LogP contribution is -2.42. The number of nitrogens with one attached hydrogen (secondary N) is 2. The Morgan fingerprint density at radius 3 is 2.26 bits per heavy atom. The number of carboxylic acid groups (broad SMARTS) is 1. The van der Waals surface area contributed by atoms with Gasteiger partial charge in [0, 0.05) is 23.3 Å². The van der Waals surface area contributed by atoms with Crippen molar-refractivity contribution >= 4 is 29.1 Å². The van der Waals surface area contributed by atoms with Crippen LogP contribution in [0.3, 0.4) is 0 Å². The molecule has 9 nitrogen and oxygen atoms in total. The van der Waals surface area contributed by atoms with Crippen molar-refractivity contribution in [2.45, 2.75) is 6.42 Å². The van der Waals surface area contributed by atoms with Crippen LogP contribution in [0.15, 0.2) is 71.7 Å². The Hall–Kier alpha value is -4.01. The fraction of sp³-hybridized carbons (Fsp3) is 0.0556. The normalized spacial score (nSPS) is 10.7. The van der Waals surface area contributed by atoms with Crippen LogP contribution in [-0.4, -0.2) is 27.7 Å². The molecule has 0 unspecified atom stereocenters. The van der Waals surface area contributed by atoms with E-state index in [1.807, 2.05) is 6.07 Å². The molecule has 0 atom stereocenters. The molecule has 0 aliphatic rings. The van der Waals surface area contributed by atoms with Crippen LogP contribution in [0, 0.1) is 10.1 Å². The van der Waals surface area contributed by atoms with Crippen molar-refractivity contribution in [3.8, 4) is 0 Å². The minimum absolute atomic E-state index is 0.0661. The predicted molar refractivity (Wildman–Crippen MR) is 98.4 cm³/mol. The zero-order valence-corrected chi connectivity index (χ0v) is 14.1. The number of carbonyl (C=O) groups is 2. The largest absolute Gasteiger partial charge is 0.478 e. The summed E-state index contributed by atoms with van der Waals surface area (Å²) >= 11 is 0. The maximum absolute atomic E-state index is 11.8. The minimum atomic E-state index is -1.26. The Balaban J connectivity index is 2.19. The lowest BCUT2D eigenvalue weighted by atomic mass is 10.2. The van der Waals surface area contributed by atoms with Crippen LogP contribution < -0.4 is 10.9 Å². The molecule has 2 aromatic carbocycles. The molecule has 0 spiro atoms. The van der Waals surface area contributed by atoms with Crippen LogP contribution in [-0.2, 0) is 9.59 Å². The molecule has 0 heterocycles. The molecule has 138 valence electrons. The van der Waals surface area contributed by atoms with E-state index < -0.39 is 16.8 Å². The van der Waals surface area contributed by atoms with Crippen LogP contribution in [0.2, 0.25) is 0 Å². The maximum Gasteiger partial charge on any atom is 0.331 e. The fourth-order valence-corrected chi connectivity index (χ4v) is 1.98. The molecular weight excluding hydrogens is 352 g/mol. The Kier molecular flexibility index (Phi) is 6.37. The standard InChI is InChI=1S/C18H16N4O5/c1-12(18(24)25)11-16(23)20-21-17(13-5-3-2-4-6-13)19-14-7-9-15(10-8-14)22(26)27/h2-10H,1,11H2,(H,19,21)(H,20,23)(H,24,25). The summed E-state index contributed by atoms with van der Waals surface area (Å²) in [6, 6.07) is 14.4. The fourth-order valence-electron chi connectivity index (χ4n) is 1.98. The highest BCUT2D eigenvalue weighted by Crippen LogP contribution is 2.18. The molecule has 0 aliphatic carbocycles. The number of nitrogens with zero attached hydrogens (tertiary/aromatic N) is 2. The van der Waals surface area contributed by atoms with Crippen molar-refractivity contribution in [3.05, 3.63) is 82.4 Å². The molecule has 3 N–H and O–H groups in total. The van der Waals surface area contributed by atoms with Gasteiger partial charge in [-0.2, -0.15) is 0 Å². The van der Waals surface area contributed by atoms with E-state index in [1.165, 1.54) is 24.3 Å². The van der Waals surface area contributed by atoms with Gasteiger partial charge in [-0.3, -0.25) is 25.8 Å². The summed E-state index contributed by atoms with van der Waals surface area (Å²) in [5.41, 5.74) is 5.77. The molecule has 0 aromatic heterocycles. The first-order chi connectivity index (χ1) is 12.9. The van der Waals surface area contributed by atoms with E-state index in [-0.39, 0.29) is 23.5 Å². The summed E-state index contributed by atoms with van der Waals surface area (Å²) in [5.74, 6) is -1.58. The molecule has 0 aliphatic heterocycles. The van der Waals surface area contributed by atoms with Gasteiger partial charge in [0.25, 0.3) is 5.69 Å². The van der Waals surface area contributed by atoms with Crippen LogP contribution in [0.25, 0.3) is 0 Å². The van der Waals surface area contributed by atoms with Gasteiger partial charge in [0.1, 0.15) is 0 Å². The molecule has 0 radical (unpaired) electrons. The maximum atomic E-state index is 11.8. The van der Waals surface area contributed by atoms with Crippen molar-refractivity contribution < 1.29 is 19.6 Å². The number of aliphatic imine (C=N–C) groups is 1. The molecule has 2 aromatic rings. The SMILES string of the molecule is C=C(CC(=O)NNC(=Nc1ccc([N+](=O)[O-])cc1)c1ccccc1)C(=O)O. The number of hydrogen-bond acceptors (Lipinski definition) is 5. The Morgan fingerprint density at radius 2 is 1.70 bits per heavy atom. The van der Waals surface area contributed by atoms with E-state index in [9.17, 15) is 19.7 Å². The number of carbonyl (C=O) groups excluding carboxylic acids is 1. The summed E-state index contributed by atoms with van der Waals surface area (Å²) in [6.07, 6.45) is -0.387. The molecule has 0 bridgehead atoms. The lowest BCUT2D eigenvalue weighted by molar-refractivity contribution is -0.384. The molecule has 0 fully saturated rings. The predicted octanol–water partition coefficient (Wildman–Crippen LogP) is 2.32. The third-order valence-electron chi connectivity index (χ3n) is 3.35. The summed E-state index contributed by atoms with van der Waals surface area (Å²) in [4.78, 5) is 37.1. The average molecular weight is 368 g/mol. The Bertz CT molecular complexity index is 892. The first-order valence-corrected chi connectivity index (χ1v) is 7.71. The highest BCUT2D eigenvalue weighted by molar-refractivity contribution is 6.01. The highest BCUT2D eigenvalue weighted by Gasteiger charge is 2.11.